The first-order valence-corrected chi connectivity index (χ1v) is 6.98. The summed E-state index contributed by atoms with van der Waals surface area (Å²) in [5.41, 5.74) is 3.34. The summed E-state index contributed by atoms with van der Waals surface area (Å²) in [6, 6.07) is 7.41. The zero-order valence-corrected chi connectivity index (χ0v) is 11.4. The molecule has 2 N–H and O–H groups in total. The molecule has 0 spiro atoms. The predicted molar refractivity (Wildman–Crippen MR) is 74.0 cm³/mol. The second-order valence-electron chi connectivity index (χ2n) is 5.27. The van der Waals surface area contributed by atoms with Crippen LogP contribution in [0.1, 0.15) is 42.1 Å². The lowest BCUT2D eigenvalue weighted by molar-refractivity contribution is 0.0706. The zero-order chi connectivity index (χ0) is 13.7. The average Bonchev–Trinajstić information content (AvgIpc) is 2.48. The first kappa shape index (κ1) is 14.0. The number of carbonyl (C=O) groups is 1. The smallest absolute Gasteiger partial charge is 0.274 e. The molecule has 1 aromatic carbocycles. The Balaban J connectivity index is 1.88. The maximum atomic E-state index is 11.2. The summed E-state index contributed by atoms with van der Waals surface area (Å²) in [5, 5.41) is 8.56. The number of benzene rings is 1. The van der Waals surface area contributed by atoms with E-state index in [4.69, 9.17) is 5.21 Å². The fraction of sp³-hybridized carbons (Fsp3) is 0.533. The van der Waals surface area contributed by atoms with Crippen molar-refractivity contribution in [3.05, 3.63) is 35.4 Å². The third kappa shape index (κ3) is 3.78. The van der Waals surface area contributed by atoms with Gasteiger partial charge < -0.3 is 0 Å². The Kier molecular flexibility index (Phi) is 4.93. The molecule has 0 radical (unpaired) electrons. The van der Waals surface area contributed by atoms with Crippen molar-refractivity contribution < 1.29 is 10.0 Å². The quantitative estimate of drug-likeness (QED) is 0.647. The molecule has 1 heterocycles. The van der Waals surface area contributed by atoms with Crippen molar-refractivity contribution in [2.45, 2.75) is 32.7 Å². The Morgan fingerprint density at radius 1 is 1.32 bits per heavy atom. The second-order valence-corrected chi connectivity index (χ2v) is 5.27. The summed E-state index contributed by atoms with van der Waals surface area (Å²) in [5.74, 6) is 0.433. The molecule has 1 fully saturated rings. The Morgan fingerprint density at radius 2 is 1.95 bits per heavy atom. The standard InChI is InChI=1S/C15H22N2O2/c1-2-12-7-9-17(10-8-12)11-13-3-5-14(6-4-13)15(18)16-19/h3-6,12,19H,2,7-11H2,1H3,(H,16,18). The third-order valence-corrected chi connectivity index (χ3v) is 4.01. The Bertz CT molecular complexity index is 409. The van der Waals surface area contributed by atoms with Crippen molar-refractivity contribution in [2.75, 3.05) is 13.1 Å². The van der Waals surface area contributed by atoms with Gasteiger partial charge in [0.25, 0.3) is 5.91 Å². The van der Waals surface area contributed by atoms with E-state index in [1.165, 1.54) is 24.8 Å². The van der Waals surface area contributed by atoms with Crippen molar-refractivity contribution >= 4 is 5.91 Å². The Hall–Kier alpha value is -1.39. The number of piperidine rings is 1. The maximum absolute atomic E-state index is 11.2. The number of hydroxylamine groups is 1. The van der Waals surface area contributed by atoms with Gasteiger partial charge in [-0.1, -0.05) is 25.5 Å². The van der Waals surface area contributed by atoms with E-state index in [0.717, 1.165) is 25.6 Å². The number of hydrogen-bond donors (Lipinski definition) is 2. The highest BCUT2D eigenvalue weighted by Gasteiger charge is 2.17. The van der Waals surface area contributed by atoms with Crippen molar-refractivity contribution in [1.82, 2.24) is 10.4 Å². The van der Waals surface area contributed by atoms with E-state index in [9.17, 15) is 4.79 Å². The van der Waals surface area contributed by atoms with Crippen LogP contribution in [0.5, 0.6) is 0 Å². The van der Waals surface area contributed by atoms with Crippen LogP contribution in [-0.2, 0) is 6.54 Å². The molecule has 104 valence electrons. The lowest BCUT2D eigenvalue weighted by Crippen LogP contribution is -2.33. The summed E-state index contributed by atoms with van der Waals surface area (Å²) in [6.45, 7) is 5.54. The number of nitrogens with zero attached hydrogens (tertiary/aromatic N) is 1. The number of hydrogen-bond acceptors (Lipinski definition) is 3. The van der Waals surface area contributed by atoms with Gasteiger partial charge in [0.15, 0.2) is 0 Å². The summed E-state index contributed by atoms with van der Waals surface area (Å²) in [4.78, 5) is 13.7. The zero-order valence-electron chi connectivity index (χ0n) is 11.4. The van der Waals surface area contributed by atoms with Gasteiger partial charge in [0.2, 0.25) is 0 Å². The molecule has 1 aliphatic rings. The maximum Gasteiger partial charge on any atom is 0.274 e. The summed E-state index contributed by atoms with van der Waals surface area (Å²) in [7, 11) is 0. The van der Waals surface area contributed by atoms with Gasteiger partial charge in [-0.2, -0.15) is 0 Å². The molecule has 0 bridgehead atoms. The minimum atomic E-state index is -0.463. The largest absolute Gasteiger partial charge is 0.299 e. The number of amides is 1. The van der Waals surface area contributed by atoms with Crippen LogP contribution in [0.3, 0.4) is 0 Å². The lowest BCUT2D eigenvalue weighted by atomic mass is 9.94. The van der Waals surface area contributed by atoms with Crippen LogP contribution in [0.25, 0.3) is 0 Å². The molecule has 0 atom stereocenters. The fourth-order valence-corrected chi connectivity index (χ4v) is 2.64. The highest BCUT2D eigenvalue weighted by Crippen LogP contribution is 2.21. The molecule has 4 heteroatoms. The molecule has 0 saturated carbocycles. The first-order chi connectivity index (χ1) is 9.22. The number of likely N-dealkylation sites (tertiary alicyclic amines) is 1. The average molecular weight is 262 g/mol. The van der Waals surface area contributed by atoms with Gasteiger partial charge in [0, 0.05) is 12.1 Å². The van der Waals surface area contributed by atoms with Gasteiger partial charge in [-0.25, -0.2) is 5.48 Å². The SMILES string of the molecule is CCC1CCN(Cc2ccc(C(=O)NO)cc2)CC1. The molecular formula is C15H22N2O2. The van der Waals surface area contributed by atoms with E-state index in [2.05, 4.69) is 11.8 Å². The molecule has 4 nitrogen and oxygen atoms in total. The van der Waals surface area contributed by atoms with Gasteiger partial charge in [-0.3, -0.25) is 14.9 Å². The molecular weight excluding hydrogens is 240 g/mol. The Morgan fingerprint density at radius 3 is 2.47 bits per heavy atom. The summed E-state index contributed by atoms with van der Waals surface area (Å²) < 4.78 is 0. The predicted octanol–water partition coefficient (Wildman–Crippen LogP) is 2.43. The fourth-order valence-electron chi connectivity index (χ4n) is 2.64. The minimum Gasteiger partial charge on any atom is -0.299 e. The van der Waals surface area contributed by atoms with E-state index in [0.29, 0.717) is 5.56 Å². The van der Waals surface area contributed by atoms with Gasteiger partial charge >= 0.3 is 0 Å². The molecule has 0 aromatic heterocycles. The van der Waals surface area contributed by atoms with Crippen LogP contribution < -0.4 is 5.48 Å². The van der Waals surface area contributed by atoms with Crippen molar-refractivity contribution in [2.24, 2.45) is 5.92 Å². The number of nitrogens with one attached hydrogen (secondary N) is 1. The first-order valence-electron chi connectivity index (χ1n) is 6.98. The van der Waals surface area contributed by atoms with Gasteiger partial charge in [0.1, 0.15) is 0 Å². The van der Waals surface area contributed by atoms with E-state index in [-0.39, 0.29) is 0 Å². The normalized spacial score (nSPS) is 17.4. The van der Waals surface area contributed by atoms with E-state index in [1.807, 2.05) is 12.1 Å². The second kappa shape index (κ2) is 6.68. The van der Waals surface area contributed by atoms with Crippen molar-refractivity contribution in [3.63, 3.8) is 0 Å². The number of rotatable bonds is 4. The highest BCUT2D eigenvalue weighted by molar-refractivity contribution is 5.93. The van der Waals surface area contributed by atoms with E-state index in [1.54, 1.807) is 17.6 Å². The van der Waals surface area contributed by atoms with E-state index < -0.39 is 5.91 Å². The Labute approximate surface area is 114 Å². The molecule has 0 aliphatic carbocycles. The summed E-state index contributed by atoms with van der Waals surface area (Å²) in [6.07, 6.45) is 3.88. The van der Waals surface area contributed by atoms with Gasteiger partial charge in [-0.15, -0.1) is 0 Å². The van der Waals surface area contributed by atoms with E-state index >= 15 is 0 Å². The summed E-state index contributed by atoms with van der Waals surface area (Å²) >= 11 is 0. The van der Waals surface area contributed by atoms with Gasteiger partial charge in [-0.05, 0) is 49.5 Å². The van der Waals surface area contributed by atoms with Gasteiger partial charge in [0.05, 0.1) is 0 Å². The van der Waals surface area contributed by atoms with Crippen LogP contribution in [0.4, 0.5) is 0 Å². The molecule has 19 heavy (non-hydrogen) atoms. The molecule has 1 aliphatic heterocycles. The van der Waals surface area contributed by atoms with Crippen LogP contribution in [0, 0.1) is 5.92 Å². The molecule has 1 amide bonds. The third-order valence-electron chi connectivity index (χ3n) is 4.01. The van der Waals surface area contributed by atoms with Crippen LogP contribution in [0.15, 0.2) is 24.3 Å². The molecule has 2 rings (SSSR count). The topological polar surface area (TPSA) is 52.6 Å². The minimum absolute atomic E-state index is 0.463. The van der Waals surface area contributed by atoms with Crippen LogP contribution in [0.2, 0.25) is 0 Å². The van der Waals surface area contributed by atoms with Crippen molar-refractivity contribution in [3.8, 4) is 0 Å². The molecule has 0 unspecified atom stereocenters. The van der Waals surface area contributed by atoms with Crippen molar-refractivity contribution in [1.29, 1.82) is 0 Å². The molecule has 1 aromatic rings. The van der Waals surface area contributed by atoms with Crippen LogP contribution in [-0.4, -0.2) is 29.1 Å². The number of carbonyl (C=O) groups excluding carboxylic acids is 1. The highest BCUT2D eigenvalue weighted by atomic mass is 16.5. The monoisotopic (exact) mass is 262 g/mol. The van der Waals surface area contributed by atoms with Crippen LogP contribution >= 0.6 is 0 Å². The molecule has 1 saturated heterocycles. The lowest BCUT2D eigenvalue weighted by Gasteiger charge is -2.31.